The van der Waals surface area contributed by atoms with Gasteiger partial charge in [-0.3, -0.25) is 4.79 Å². The molecule has 1 rings (SSSR count). The second-order valence-electron chi connectivity index (χ2n) is 4.01. The fourth-order valence-electron chi connectivity index (χ4n) is 1.50. The summed E-state index contributed by atoms with van der Waals surface area (Å²) in [6, 6.07) is 3.31. The van der Waals surface area contributed by atoms with Crippen LogP contribution in [0.2, 0.25) is 0 Å². The van der Waals surface area contributed by atoms with Crippen molar-refractivity contribution in [1.29, 1.82) is 0 Å². The number of anilines is 1. The summed E-state index contributed by atoms with van der Waals surface area (Å²) < 4.78 is 13.4. The Labute approximate surface area is 105 Å². The molecule has 0 atom stereocenters. The molecule has 0 heterocycles. The van der Waals surface area contributed by atoms with Crippen LogP contribution in [0, 0.1) is 5.82 Å². The number of carboxylic acids is 1. The van der Waals surface area contributed by atoms with Crippen molar-refractivity contribution >= 4 is 17.6 Å². The van der Waals surface area contributed by atoms with E-state index in [-0.39, 0.29) is 17.2 Å². The van der Waals surface area contributed by atoms with E-state index in [1.165, 1.54) is 0 Å². The third-order valence-electron chi connectivity index (χ3n) is 2.49. The highest BCUT2D eigenvalue weighted by molar-refractivity contribution is 5.94. The van der Waals surface area contributed by atoms with E-state index in [9.17, 15) is 14.0 Å². The summed E-state index contributed by atoms with van der Waals surface area (Å²) >= 11 is 0. The van der Waals surface area contributed by atoms with Crippen LogP contribution in [0.4, 0.5) is 10.1 Å². The van der Waals surface area contributed by atoms with Crippen molar-refractivity contribution in [2.24, 2.45) is 0 Å². The van der Waals surface area contributed by atoms with Gasteiger partial charge in [0.05, 0.1) is 11.3 Å². The van der Waals surface area contributed by atoms with Gasteiger partial charge >= 0.3 is 5.97 Å². The zero-order chi connectivity index (χ0) is 13.5. The number of halogens is 1. The predicted molar refractivity (Wildman–Crippen MR) is 66.1 cm³/mol. The minimum Gasteiger partial charge on any atom is -0.478 e. The number of aromatic carboxylic acids is 1. The van der Waals surface area contributed by atoms with Crippen LogP contribution >= 0.6 is 0 Å². The van der Waals surface area contributed by atoms with Crippen LogP contribution in [0.1, 0.15) is 43.0 Å². The van der Waals surface area contributed by atoms with Crippen LogP contribution in [0.25, 0.3) is 0 Å². The molecule has 0 saturated carbocycles. The minimum atomic E-state index is -1.16. The van der Waals surface area contributed by atoms with Crippen LogP contribution in [0.5, 0.6) is 0 Å². The first-order valence-electron chi connectivity index (χ1n) is 5.87. The van der Waals surface area contributed by atoms with E-state index < -0.39 is 11.8 Å². The van der Waals surface area contributed by atoms with Gasteiger partial charge in [-0.05, 0) is 24.6 Å². The molecule has 0 aliphatic heterocycles. The van der Waals surface area contributed by atoms with E-state index in [0.29, 0.717) is 6.42 Å². The first kappa shape index (κ1) is 14.2. The molecule has 0 aliphatic carbocycles. The number of carbonyl (C=O) groups is 2. The standard InChI is InChI=1S/C13H16FNO3/c1-2-3-4-5-12(16)15-11-8-9(13(17)18)6-7-10(11)14/h6-8H,2-5H2,1H3,(H,15,16)(H,17,18). The third kappa shape index (κ3) is 4.16. The lowest BCUT2D eigenvalue weighted by Gasteiger charge is -2.07. The molecule has 0 aliphatic rings. The van der Waals surface area contributed by atoms with Crippen molar-refractivity contribution in [2.75, 3.05) is 5.32 Å². The monoisotopic (exact) mass is 253 g/mol. The summed E-state index contributed by atoms with van der Waals surface area (Å²) in [4.78, 5) is 22.2. The molecule has 5 heteroatoms. The highest BCUT2D eigenvalue weighted by Gasteiger charge is 2.10. The van der Waals surface area contributed by atoms with Crippen molar-refractivity contribution in [3.63, 3.8) is 0 Å². The number of amides is 1. The van der Waals surface area contributed by atoms with Crippen LogP contribution in [-0.2, 0) is 4.79 Å². The van der Waals surface area contributed by atoms with E-state index >= 15 is 0 Å². The van der Waals surface area contributed by atoms with Crippen LogP contribution in [-0.4, -0.2) is 17.0 Å². The zero-order valence-electron chi connectivity index (χ0n) is 10.2. The highest BCUT2D eigenvalue weighted by atomic mass is 19.1. The Morgan fingerprint density at radius 2 is 2.06 bits per heavy atom. The zero-order valence-corrected chi connectivity index (χ0v) is 10.2. The average Bonchev–Trinajstić information content (AvgIpc) is 2.32. The van der Waals surface area contributed by atoms with E-state index in [0.717, 1.165) is 37.5 Å². The lowest BCUT2D eigenvalue weighted by Crippen LogP contribution is -2.13. The summed E-state index contributed by atoms with van der Waals surface area (Å²) in [5.74, 6) is -2.09. The number of unbranched alkanes of at least 4 members (excludes halogenated alkanes) is 2. The molecule has 0 bridgehead atoms. The normalized spacial score (nSPS) is 10.1. The molecule has 0 aromatic heterocycles. The van der Waals surface area contributed by atoms with Crippen molar-refractivity contribution in [3.8, 4) is 0 Å². The molecule has 1 aromatic carbocycles. The summed E-state index contributed by atoms with van der Waals surface area (Å²) in [6.45, 7) is 2.02. The molecule has 18 heavy (non-hydrogen) atoms. The van der Waals surface area contributed by atoms with Crippen molar-refractivity contribution in [2.45, 2.75) is 32.6 Å². The largest absolute Gasteiger partial charge is 0.478 e. The van der Waals surface area contributed by atoms with E-state index in [1.807, 2.05) is 6.92 Å². The minimum absolute atomic E-state index is 0.0553. The SMILES string of the molecule is CCCCCC(=O)Nc1cc(C(=O)O)ccc1F. The first-order valence-corrected chi connectivity index (χ1v) is 5.87. The number of carboxylic acid groups (broad SMARTS) is 1. The van der Waals surface area contributed by atoms with Gasteiger partial charge in [0.1, 0.15) is 5.82 Å². The number of rotatable bonds is 6. The molecule has 2 N–H and O–H groups in total. The smallest absolute Gasteiger partial charge is 0.335 e. The molecular weight excluding hydrogens is 237 g/mol. The Hall–Kier alpha value is -1.91. The van der Waals surface area contributed by atoms with E-state index in [1.54, 1.807) is 0 Å². The molecule has 0 unspecified atom stereocenters. The molecular formula is C13H16FNO3. The number of nitrogens with one attached hydrogen (secondary N) is 1. The topological polar surface area (TPSA) is 66.4 Å². The van der Waals surface area contributed by atoms with Gasteiger partial charge in [0, 0.05) is 6.42 Å². The highest BCUT2D eigenvalue weighted by Crippen LogP contribution is 2.17. The van der Waals surface area contributed by atoms with Gasteiger partial charge < -0.3 is 10.4 Å². The third-order valence-corrected chi connectivity index (χ3v) is 2.49. The Morgan fingerprint density at radius 3 is 2.67 bits per heavy atom. The summed E-state index contributed by atoms with van der Waals surface area (Å²) in [7, 11) is 0. The van der Waals surface area contributed by atoms with E-state index in [4.69, 9.17) is 5.11 Å². The molecule has 0 radical (unpaired) electrons. The fraction of sp³-hybridized carbons (Fsp3) is 0.385. The Morgan fingerprint density at radius 1 is 1.33 bits per heavy atom. The second kappa shape index (κ2) is 6.74. The predicted octanol–water partition coefficient (Wildman–Crippen LogP) is 3.04. The Kier molecular flexibility index (Phi) is 5.30. The number of carbonyl (C=O) groups excluding carboxylic acids is 1. The number of benzene rings is 1. The van der Waals surface area contributed by atoms with Crippen molar-refractivity contribution < 1.29 is 19.1 Å². The molecule has 4 nitrogen and oxygen atoms in total. The lowest BCUT2D eigenvalue weighted by atomic mass is 10.1. The number of hydrogen-bond donors (Lipinski definition) is 2. The lowest BCUT2D eigenvalue weighted by molar-refractivity contribution is -0.116. The summed E-state index contributed by atoms with van der Waals surface area (Å²) in [5, 5.41) is 11.2. The van der Waals surface area contributed by atoms with Crippen LogP contribution in [0.3, 0.4) is 0 Å². The quantitative estimate of drug-likeness (QED) is 0.766. The number of hydrogen-bond acceptors (Lipinski definition) is 2. The Balaban J connectivity index is 2.68. The summed E-state index contributed by atoms with van der Waals surface area (Å²) in [6.07, 6.45) is 2.98. The Bertz CT molecular complexity index is 446. The van der Waals surface area contributed by atoms with Gasteiger partial charge in [-0.2, -0.15) is 0 Å². The second-order valence-corrected chi connectivity index (χ2v) is 4.01. The van der Waals surface area contributed by atoms with Gasteiger partial charge in [-0.1, -0.05) is 19.8 Å². The van der Waals surface area contributed by atoms with Crippen molar-refractivity contribution in [3.05, 3.63) is 29.6 Å². The van der Waals surface area contributed by atoms with Crippen LogP contribution in [0.15, 0.2) is 18.2 Å². The molecule has 1 amide bonds. The van der Waals surface area contributed by atoms with E-state index in [2.05, 4.69) is 5.32 Å². The molecule has 0 spiro atoms. The first-order chi connectivity index (χ1) is 8.54. The maximum Gasteiger partial charge on any atom is 0.335 e. The molecule has 1 aromatic rings. The van der Waals surface area contributed by atoms with Gasteiger partial charge in [0.15, 0.2) is 0 Å². The van der Waals surface area contributed by atoms with Crippen molar-refractivity contribution in [1.82, 2.24) is 0 Å². The molecule has 0 fully saturated rings. The van der Waals surface area contributed by atoms with Crippen LogP contribution < -0.4 is 5.32 Å². The maximum absolute atomic E-state index is 13.4. The fourth-order valence-corrected chi connectivity index (χ4v) is 1.50. The maximum atomic E-state index is 13.4. The molecule has 98 valence electrons. The average molecular weight is 253 g/mol. The molecule has 0 saturated heterocycles. The van der Waals surface area contributed by atoms with Gasteiger partial charge in [0.2, 0.25) is 5.91 Å². The van der Waals surface area contributed by atoms with Gasteiger partial charge in [0.25, 0.3) is 0 Å². The summed E-state index contributed by atoms with van der Waals surface area (Å²) in [5.41, 5.74) is -0.142. The van der Waals surface area contributed by atoms with Gasteiger partial charge in [-0.25, -0.2) is 9.18 Å². The van der Waals surface area contributed by atoms with Gasteiger partial charge in [-0.15, -0.1) is 0 Å².